The van der Waals surface area contributed by atoms with Crippen molar-refractivity contribution in [3.8, 4) is 0 Å². The Hall–Kier alpha value is -0.313. The molecule has 0 unspecified atom stereocenters. The first-order chi connectivity index (χ1) is 16.9. The minimum atomic E-state index is -1.92. The minimum absolute atomic E-state index is 0.141. The minimum Gasteiger partial charge on any atom is -0.414 e. The van der Waals surface area contributed by atoms with Crippen molar-refractivity contribution in [1.82, 2.24) is 10.3 Å². The zero-order valence-electron chi connectivity index (χ0n) is 21.3. The molecule has 1 fully saturated rings. The van der Waals surface area contributed by atoms with Gasteiger partial charge in [-0.3, -0.25) is 4.79 Å². The normalized spacial score (nSPS) is 26.8. The number of hydrogen-bond acceptors (Lipinski definition) is 7. The summed E-state index contributed by atoms with van der Waals surface area (Å²) in [7, 11) is -1.92. The van der Waals surface area contributed by atoms with Crippen molar-refractivity contribution in [3.05, 3.63) is 50.9 Å². The Balaban J connectivity index is 1.60. The van der Waals surface area contributed by atoms with Crippen LogP contribution in [-0.4, -0.2) is 53.4 Å². The Kier molecular flexibility index (Phi) is 8.81. The zero-order valence-corrected chi connectivity index (χ0v) is 27.6. The number of amidine groups is 1. The third-order valence-corrected chi connectivity index (χ3v) is 16.1. The van der Waals surface area contributed by atoms with E-state index in [-0.39, 0.29) is 22.5 Å². The SMILES string of the molecule is CC(C)(C)[Si](C)(C)OC[C@@]1(CI)C[C@H]2CSC(NC(=O)c3ccccc3)=N[C@@]2(c2nc(Br)cs2)CO1. The molecule has 1 N–H and O–H groups in total. The Morgan fingerprint density at radius 1 is 1.33 bits per heavy atom. The van der Waals surface area contributed by atoms with Gasteiger partial charge in [-0.2, -0.15) is 0 Å². The highest BCUT2D eigenvalue weighted by Gasteiger charge is 2.55. The summed E-state index contributed by atoms with van der Waals surface area (Å²) >= 11 is 9.14. The second kappa shape index (κ2) is 11.0. The Morgan fingerprint density at radius 3 is 2.67 bits per heavy atom. The van der Waals surface area contributed by atoms with Gasteiger partial charge in [0.05, 0.1) is 18.8 Å². The van der Waals surface area contributed by atoms with Crippen LogP contribution in [0.15, 0.2) is 45.3 Å². The van der Waals surface area contributed by atoms with E-state index in [4.69, 9.17) is 19.1 Å². The molecule has 2 aliphatic rings. The van der Waals surface area contributed by atoms with Gasteiger partial charge in [-0.25, -0.2) is 9.98 Å². The van der Waals surface area contributed by atoms with E-state index in [1.54, 1.807) is 35.2 Å². The van der Waals surface area contributed by atoms with E-state index in [1.165, 1.54) is 0 Å². The maximum Gasteiger partial charge on any atom is 0.257 e. The molecule has 0 bridgehead atoms. The van der Waals surface area contributed by atoms with Crippen molar-refractivity contribution in [2.24, 2.45) is 10.9 Å². The van der Waals surface area contributed by atoms with Crippen LogP contribution in [0, 0.1) is 5.92 Å². The quantitative estimate of drug-likeness (QED) is 0.201. The number of hydrogen-bond donors (Lipinski definition) is 1. The van der Waals surface area contributed by atoms with Crippen molar-refractivity contribution in [1.29, 1.82) is 0 Å². The van der Waals surface area contributed by atoms with Gasteiger partial charge in [-0.15, -0.1) is 11.3 Å². The predicted octanol–water partition coefficient (Wildman–Crippen LogP) is 6.87. The molecule has 0 saturated carbocycles. The van der Waals surface area contributed by atoms with Gasteiger partial charge in [0, 0.05) is 27.0 Å². The van der Waals surface area contributed by atoms with Crippen molar-refractivity contribution < 1.29 is 14.0 Å². The van der Waals surface area contributed by atoms with Crippen LogP contribution < -0.4 is 5.32 Å². The van der Waals surface area contributed by atoms with Gasteiger partial charge in [-0.05, 0) is 52.6 Å². The van der Waals surface area contributed by atoms with Gasteiger partial charge in [-0.1, -0.05) is 73.3 Å². The Morgan fingerprint density at radius 2 is 2.06 bits per heavy atom. The molecule has 2 aliphatic heterocycles. The molecule has 1 aromatic heterocycles. The lowest BCUT2D eigenvalue weighted by molar-refractivity contribution is -0.134. The number of halogens is 2. The number of rotatable bonds is 6. The van der Waals surface area contributed by atoms with Gasteiger partial charge < -0.3 is 14.5 Å². The summed E-state index contributed by atoms with van der Waals surface area (Å²) in [6.45, 7) is 12.4. The topological polar surface area (TPSA) is 72.8 Å². The summed E-state index contributed by atoms with van der Waals surface area (Å²) < 4.78 is 15.0. The Labute approximate surface area is 245 Å². The molecule has 6 nitrogen and oxygen atoms in total. The fourth-order valence-corrected chi connectivity index (χ4v) is 8.51. The average Bonchev–Trinajstić information content (AvgIpc) is 3.29. The van der Waals surface area contributed by atoms with Crippen LogP contribution in [0.4, 0.5) is 0 Å². The summed E-state index contributed by atoms with van der Waals surface area (Å²) in [4.78, 5) is 22.8. The first-order valence-electron chi connectivity index (χ1n) is 11.9. The van der Waals surface area contributed by atoms with E-state index in [1.807, 2.05) is 23.6 Å². The van der Waals surface area contributed by atoms with E-state index >= 15 is 0 Å². The van der Waals surface area contributed by atoms with E-state index < -0.39 is 13.9 Å². The van der Waals surface area contributed by atoms with Crippen molar-refractivity contribution in [3.63, 3.8) is 0 Å². The van der Waals surface area contributed by atoms with Gasteiger partial charge in [0.1, 0.15) is 15.1 Å². The van der Waals surface area contributed by atoms with Crippen LogP contribution in [0.5, 0.6) is 0 Å². The number of ether oxygens (including phenoxy) is 1. The molecule has 0 radical (unpaired) electrons. The summed E-state index contributed by atoms with van der Waals surface area (Å²) in [5.41, 5.74) is -0.381. The molecular formula is C25H33BrIN3O3S2Si. The number of carbonyl (C=O) groups excluding carboxylic acids is 1. The van der Waals surface area contributed by atoms with E-state index in [0.717, 1.165) is 26.2 Å². The maximum absolute atomic E-state index is 12.9. The van der Waals surface area contributed by atoms with E-state index in [2.05, 4.69) is 77.7 Å². The lowest BCUT2D eigenvalue weighted by atomic mass is 9.76. The van der Waals surface area contributed by atoms with E-state index in [9.17, 15) is 4.79 Å². The standard InChI is InChI=1S/C25H33BrIN3O3S2Si/c1-23(2,3)36(4,5)33-15-24(14-27)11-18-12-35-22(29-20(31)17-9-7-6-8-10-17)30-25(18,16-32-24)21-28-19(26)13-34-21/h6-10,13,18H,11-12,14-16H2,1-5H3,(H,29,30,31)/t18-,24-,25-/m0/s1. The molecule has 196 valence electrons. The highest BCUT2D eigenvalue weighted by Crippen LogP contribution is 2.50. The van der Waals surface area contributed by atoms with Gasteiger partial charge in [0.25, 0.3) is 5.91 Å². The van der Waals surface area contributed by atoms with E-state index in [0.29, 0.717) is 23.9 Å². The predicted molar refractivity (Wildman–Crippen MR) is 164 cm³/mol. The largest absolute Gasteiger partial charge is 0.414 e. The molecule has 11 heteroatoms. The fraction of sp³-hybridized carbons (Fsp3) is 0.560. The van der Waals surface area contributed by atoms with Crippen LogP contribution in [0.2, 0.25) is 18.1 Å². The second-order valence-corrected chi connectivity index (χ2v) is 19.3. The number of nitrogens with one attached hydrogen (secondary N) is 1. The van der Waals surface area contributed by atoms with Gasteiger partial charge >= 0.3 is 0 Å². The molecule has 3 heterocycles. The lowest BCUT2D eigenvalue weighted by Gasteiger charge is -2.50. The number of thiazole rings is 1. The number of thioether (sulfide) groups is 1. The number of aromatic nitrogens is 1. The summed E-state index contributed by atoms with van der Waals surface area (Å²) in [5.74, 6) is 0.883. The average molecular weight is 723 g/mol. The smallest absolute Gasteiger partial charge is 0.257 e. The zero-order chi connectivity index (χ0) is 26.2. The monoisotopic (exact) mass is 721 g/mol. The molecule has 1 aromatic carbocycles. The second-order valence-electron chi connectivity index (χ2n) is 11.0. The van der Waals surface area contributed by atoms with Gasteiger partial charge in [0.15, 0.2) is 13.5 Å². The van der Waals surface area contributed by atoms with Gasteiger partial charge in [0.2, 0.25) is 0 Å². The van der Waals surface area contributed by atoms with Crippen LogP contribution >= 0.6 is 61.6 Å². The lowest BCUT2D eigenvalue weighted by Crippen LogP contribution is -2.58. The number of benzene rings is 1. The first-order valence-corrected chi connectivity index (χ1v) is 19.0. The highest BCUT2D eigenvalue weighted by atomic mass is 127. The molecule has 4 rings (SSSR count). The number of aliphatic imine (C=N–C) groups is 1. The summed E-state index contributed by atoms with van der Waals surface area (Å²) in [6, 6.07) is 9.23. The fourth-order valence-electron chi connectivity index (χ4n) is 4.09. The Bertz CT molecular complexity index is 1130. The van der Waals surface area contributed by atoms with Crippen molar-refractivity contribution in [2.45, 2.75) is 56.5 Å². The molecule has 0 spiro atoms. The number of fused-ring (bicyclic) bond motifs is 1. The van der Waals surface area contributed by atoms with Crippen LogP contribution in [0.3, 0.4) is 0 Å². The van der Waals surface area contributed by atoms with Crippen LogP contribution in [-0.2, 0) is 14.7 Å². The highest BCUT2D eigenvalue weighted by molar-refractivity contribution is 14.1. The number of amides is 1. The molecule has 1 amide bonds. The summed E-state index contributed by atoms with van der Waals surface area (Å²) in [6.07, 6.45) is 0.832. The summed E-state index contributed by atoms with van der Waals surface area (Å²) in [5, 5.41) is 6.69. The molecule has 0 aliphatic carbocycles. The maximum atomic E-state index is 12.9. The van der Waals surface area contributed by atoms with Crippen LogP contribution in [0.25, 0.3) is 0 Å². The van der Waals surface area contributed by atoms with Crippen molar-refractivity contribution >= 4 is 81.0 Å². The number of nitrogens with zero attached hydrogens (tertiary/aromatic N) is 2. The first kappa shape index (κ1) is 28.7. The third kappa shape index (κ3) is 5.96. The third-order valence-electron chi connectivity index (χ3n) is 7.46. The number of alkyl halides is 1. The molecule has 2 aromatic rings. The molecular weight excluding hydrogens is 689 g/mol. The molecule has 36 heavy (non-hydrogen) atoms. The molecule has 3 atom stereocenters. The molecule has 1 saturated heterocycles. The number of carbonyl (C=O) groups is 1. The van der Waals surface area contributed by atoms with Crippen molar-refractivity contribution in [2.75, 3.05) is 23.4 Å². The van der Waals surface area contributed by atoms with Crippen LogP contribution in [0.1, 0.15) is 42.6 Å².